The van der Waals surface area contributed by atoms with E-state index in [2.05, 4.69) is 24.5 Å². The highest BCUT2D eigenvalue weighted by Crippen LogP contribution is 2.18. The number of hydrogen-bond acceptors (Lipinski definition) is 5. The molecule has 0 fully saturated rings. The Kier molecular flexibility index (Phi) is 9.40. The standard InChI is InChI=1S/C22H28N2O4S/c1-4-26-12-13-27-19-10-8-17(9-11-19)21(25)24-22(29)23-18-6-5-7-20(14-18)28-15-16(2)3/h5-11,14,16H,4,12-13,15H2,1-3H3,(H2,23,24,25,29). The monoisotopic (exact) mass is 416 g/mol. The summed E-state index contributed by atoms with van der Waals surface area (Å²) in [6.07, 6.45) is 0. The first kappa shape index (κ1) is 22.6. The zero-order chi connectivity index (χ0) is 21.1. The van der Waals surface area contributed by atoms with Crippen LogP contribution in [-0.4, -0.2) is 37.4 Å². The average molecular weight is 417 g/mol. The second-order valence-corrected chi connectivity index (χ2v) is 7.12. The fourth-order valence-electron chi connectivity index (χ4n) is 2.33. The molecule has 2 aromatic rings. The molecule has 7 heteroatoms. The van der Waals surface area contributed by atoms with Gasteiger partial charge in [-0.2, -0.15) is 0 Å². The zero-order valence-corrected chi connectivity index (χ0v) is 17.9. The molecule has 0 aromatic heterocycles. The van der Waals surface area contributed by atoms with Crippen molar-refractivity contribution in [1.82, 2.24) is 5.32 Å². The van der Waals surface area contributed by atoms with Crippen molar-refractivity contribution >= 4 is 28.9 Å². The molecule has 0 radical (unpaired) electrons. The molecule has 0 saturated carbocycles. The summed E-state index contributed by atoms with van der Waals surface area (Å²) >= 11 is 5.25. The van der Waals surface area contributed by atoms with Crippen LogP contribution in [0.15, 0.2) is 48.5 Å². The smallest absolute Gasteiger partial charge is 0.257 e. The molecule has 0 aliphatic carbocycles. The van der Waals surface area contributed by atoms with Crippen molar-refractivity contribution in [1.29, 1.82) is 0 Å². The van der Waals surface area contributed by atoms with E-state index in [0.29, 0.717) is 43.7 Å². The molecule has 6 nitrogen and oxygen atoms in total. The first-order valence-electron chi connectivity index (χ1n) is 9.63. The van der Waals surface area contributed by atoms with Crippen LogP contribution in [0.2, 0.25) is 0 Å². The Hall–Kier alpha value is -2.64. The summed E-state index contributed by atoms with van der Waals surface area (Å²) in [5.41, 5.74) is 1.23. The van der Waals surface area contributed by atoms with Gasteiger partial charge in [0.05, 0.1) is 13.2 Å². The molecule has 0 saturated heterocycles. The SMILES string of the molecule is CCOCCOc1ccc(C(=O)NC(=S)Nc2cccc(OCC(C)C)c2)cc1. The minimum absolute atomic E-state index is 0.216. The summed E-state index contributed by atoms with van der Waals surface area (Å²) in [4.78, 5) is 12.4. The molecule has 2 aromatic carbocycles. The van der Waals surface area contributed by atoms with Crippen LogP contribution in [0.3, 0.4) is 0 Å². The van der Waals surface area contributed by atoms with Crippen LogP contribution < -0.4 is 20.1 Å². The van der Waals surface area contributed by atoms with Crippen molar-refractivity contribution in [3.8, 4) is 11.5 Å². The van der Waals surface area contributed by atoms with Crippen molar-refractivity contribution in [2.75, 3.05) is 31.7 Å². The molecule has 156 valence electrons. The minimum Gasteiger partial charge on any atom is -0.493 e. The highest BCUT2D eigenvalue weighted by molar-refractivity contribution is 7.80. The van der Waals surface area contributed by atoms with Gasteiger partial charge in [-0.3, -0.25) is 10.1 Å². The fraction of sp³-hybridized carbons (Fsp3) is 0.364. The Bertz CT molecular complexity index is 794. The van der Waals surface area contributed by atoms with Crippen LogP contribution in [-0.2, 0) is 4.74 Å². The van der Waals surface area contributed by atoms with Crippen molar-refractivity contribution < 1.29 is 19.0 Å². The third-order valence-corrected chi connectivity index (χ3v) is 3.92. The number of hydrogen-bond donors (Lipinski definition) is 2. The zero-order valence-electron chi connectivity index (χ0n) is 17.1. The van der Waals surface area contributed by atoms with E-state index in [1.54, 1.807) is 24.3 Å². The van der Waals surface area contributed by atoms with E-state index in [1.807, 2.05) is 31.2 Å². The lowest BCUT2D eigenvalue weighted by Crippen LogP contribution is -2.34. The number of carbonyl (C=O) groups is 1. The van der Waals surface area contributed by atoms with Gasteiger partial charge in [-0.15, -0.1) is 0 Å². The normalized spacial score (nSPS) is 10.5. The number of benzene rings is 2. The Morgan fingerprint density at radius 2 is 1.79 bits per heavy atom. The van der Waals surface area contributed by atoms with Gasteiger partial charge in [-0.05, 0) is 61.5 Å². The summed E-state index contributed by atoms with van der Waals surface area (Å²) in [6, 6.07) is 14.3. The van der Waals surface area contributed by atoms with Gasteiger partial charge in [0.2, 0.25) is 0 Å². The van der Waals surface area contributed by atoms with E-state index in [-0.39, 0.29) is 11.0 Å². The van der Waals surface area contributed by atoms with Crippen LogP contribution in [0.1, 0.15) is 31.1 Å². The Labute approximate surface area is 177 Å². The van der Waals surface area contributed by atoms with E-state index >= 15 is 0 Å². The van der Waals surface area contributed by atoms with Crippen molar-refractivity contribution in [3.05, 3.63) is 54.1 Å². The minimum atomic E-state index is -0.296. The van der Waals surface area contributed by atoms with Gasteiger partial charge in [-0.1, -0.05) is 19.9 Å². The van der Waals surface area contributed by atoms with Gasteiger partial charge in [0.15, 0.2) is 5.11 Å². The van der Waals surface area contributed by atoms with E-state index in [9.17, 15) is 4.79 Å². The van der Waals surface area contributed by atoms with Gasteiger partial charge < -0.3 is 19.5 Å². The molecule has 2 N–H and O–H groups in total. The van der Waals surface area contributed by atoms with Gasteiger partial charge in [-0.25, -0.2) is 0 Å². The maximum atomic E-state index is 12.4. The van der Waals surface area contributed by atoms with Crippen LogP contribution in [0, 0.1) is 5.92 Å². The van der Waals surface area contributed by atoms with Crippen LogP contribution in [0.25, 0.3) is 0 Å². The molecule has 29 heavy (non-hydrogen) atoms. The predicted molar refractivity (Wildman–Crippen MR) is 119 cm³/mol. The summed E-state index contributed by atoms with van der Waals surface area (Å²) in [5, 5.41) is 5.89. The molecule has 0 unspecified atom stereocenters. The Morgan fingerprint density at radius 3 is 2.48 bits per heavy atom. The Balaban J connectivity index is 1.84. The van der Waals surface area contributed by atoms with Gasteiger partial charge in [0, 0.05) is 23.9 Å². The third-order valence-electron chi connectivity index (χ3n) is 3.72. The second kappa shape index (κ2) is 12.0. The van der Waals surface area contributed by atoms with E-state index in [0.717, 1.165) is 11.4 Å². The van der Waals surface area contributed by atoms with E-state index in [1.165, 1.54) is 0 Å². The molecule has 1 amide bonds. The van der Waals surface area contributed by atoms with Gasteiger partial charge in [0.1, 0.15) is 18.1 Å². The molecule has 0 bridgehead atoms. The number of carbonyl (C=O) groups excluding carboxylic acids is 1. The van der Waals surface area contributed by atoms with E-state index < -0.39 is 0 Å². The van der Waals surface area contributed by atoms with Crippen molar-refractivity contribution in [2.24, 2.45) is 5.92 Å². The van der Waals surface area contributed by atoms with E-state index in [4.69, 9.17) is 26.4 Å². The summed E-state index contributed by atoms with van der Waals surface area (Å²) < 4.78 is 16.5. The molecule has 0 aliphatic heterocycles. The molecule has 0 spiro atoms. The van der Waals surface area contributed by atoms with Crippen molar-refractivity contribution in [2.45, 2.75) is 20.8 Å². The van der Waals surface area contributed by atoms with Crippen LogP contribution >= 0.6 is 12.2 Å². The molecule has 0 heterocycles. The van der Waals surface area contributed by atoms with Gasteiger partial charge >= 0.3 is 0 Å². The molecule has 0 aliphatic rings. The quantitative estimate of drug-likeness (QED) is 0.445. The predicted octanol–water partition coefficient (Wildman–Crippen LogP) is 4.26. The number of rotatable bonds is 10. The number of anilines is 1. The third kappa shape index (κ3) is 8.50. The number of amides is 1. The topological polar surface area (TPSA) is 68.8 Å². The lowest BCUT2D eigenvalue weighted by Gasteiger charge is -2.12. The second-order valence-electron chi connectivity index (χ2n) is 6.71. The Morgan fingerprint density at radius 1 is 1.03 bits per heavy atom. The van der Waals surface area contributed by atoms with Crippen LogP contribution in [0.5, 0.6) is 11.5 Å². The highest BCUT2D eigenvalue weighted by Gasteiger charge is 2.09. The summed E-state index contributed by atoms with van der Waals surface area (Å²) in [5.74, 6) is 1.57. The largest absolute Gasteiger partial charge is 0.493 e. The lowest BCUT2D eigenvalue weighted by molar-refractivity contribution is 0.0977. The molecular formula is C22H28N2O4S. The highest BCUT2D eigenvalue weighted by atomic mass is 32.1. The summed E-state index contributed by atoms with van der Waals surface area (Å²) in [6.45, 7) is 8.40. The molecule has 2 rings (SSSR count). The lowest BCUT2D eigenvalue weighted by atomic mass is 10.2. The maximum Gasteiger partial charge on any atom is 0.257 e. The molecule has 0 atom stereocenters. The number of thiocarbonyl (C=S) groups is 1. The molecular weight excluding hydrogens is 388 g/mol. The number of ether oxygens (including phenoxy) is 3. The first-order valence-corrected chi connectivity index (χ1v) is 10.0. The van der Waals surface area contributed by atoms with Gasteiger partial charge in [0.25, 0.3) is 5.91 Å². The fourth-order valence-corrected chi connectivity index (χ4v) is 2.54. The summed E-state index contributed by atoms with van der Waals surface area (Å²) in [7, 11) is 0. The maximum absolute atomic E-state index is 12.4. The first-order chi connectivity index (χ1) is 14.0. The van der Waals surface area contributed by atoms with Crippen LogP contribution in [0.4, 0.5) is 5.69 Å². The van der Waals surface area contributed by atoms with Crippen molar-refractivity contribution in [3.63, 3.8) is 0 Å². The number of nitrogens with one attached hydrogen (secondary N) is 2. The average Bonchev–Trinajstić information content (AvgIpc) is 2.70.